The predicted molar refractivity (Wildman–Crippen MR) is 87.1 cm³/mol. The molecule has 0 spiro atoms. The average molecular weight is 295 g/mol. The number of nitrogens with two attached hydrogens (primary N) is 1. The van der Waals surface area contributed by atoms with Crippen LogP contribution in [0.25, 0.3) is 0 Å². The maximum absolute atomic E-state index is 12.8. The normalized spacial score (nSPS) is 29.1. The number of carbonyl (C=O) groups is 1. The summed E-state index contributed by atoms with van der Waals surface area (Å²) in [6.45, 7) is 5.69. The lowest BCUT2D eigenvalue weighted by atomic mass is 9.92. The van der Waals surface area contributed by atoms with Gasteiger partial charge in [-0.05, 0) is 38.6 Å². The zero-order chi connectivity index (χ0) is 15.2. The van der Waals surface area contributed by atoms with Crippen LogP contribution in [0.2, 0.25) is 0 Å². The average Bonchev–Trinajstić information content (AvgIpc) is 2.71. The highest BCUT2D eigenvalue weighted by Crippen LogP contribution is 2.26. The van der Waals surface area contributed by atoms with E-state index in [9.17, 15) is 4.79 Å². The molecule has 1 aliphatic carbocycles. The third-order valence-corrected chi connectivity index (χ3v) is 5.38. The summed E-state index contributed by atoms with van der Waals surface area (Å²) in [7, 11) is 2.00. The highest BCUT2D eigenvalue weighted by molar-refractivity contribution is 5.79. The quantitative estimate of drug-likeness (QED) is 0.809. The Bertz CT molecular complexity index is 326. The second kappa shape index (κ2) is 8.14. The van der Waals surface area contributed by atoms with Gasteiger partial charge in [-0.1, -0.05) is 26.2 Å². The lowest BCUT2D eigenvalue weighted by molar-refractivity contribution is -0.138. The van der Waals surface area contributed by atoms with Gasteiger partial charge in [-0.2, -0.15) is 0 Å². The van der Waals surface area contributed by atoms with Crippen LogP contribution in [0.4, 0.5) is 0 Å². The Morgan fingerprint density at radius 1 is 1.14 bits per heavy atom. The van der Waals surface area contributed by atoms with Crippen molar-refractivity contribution in [2.75, 3.05) is 26.7 Å². The summed E-state index contributed by atoms with van der Waals surface area (Å²) in [5.41, 5.74) is 6.25. The SMILES string of the molecule is CCCN1CCC(N(C)C(=O)C2CCCCCC2N)CC1. The molecular formula is C17H33N3O. The lowest BCUT2D eigenvalue weighted by Gasteiger charge is -2.38. The van der Waals surface area contributed by atoms with Gasteiger partial charge in [0.05, 0.1) is 5.92 Å². The van der Waals surface area contributed by atoms with Crippen molar-refractivity contribution in [2.45, 2.75) is 70.4 Å². The third-order valence-electron chi connectivity index (χ3n) is 5.38. The molecule has 1 heterocycles. The van der Waals surface area contributed by atoms with Crippen LogP contribution < -0.4 is 5.73 Å². The van der Waals surface area contributed by atoms with Gasteiger partial charge < -0.3 is 15.5 Å². The number of rotatable bonds is 4. The summed E-state index contributed by atoms with van der Waals surface area (Å²) in [4.78, 5) is 17.3. The van der Waals surface area contributed by atoms with Crippen molar-refractivity contribution < 1.29 is 4.79 Å². The molecule has 2 aliphatic rings. The molecule has 21 heavy (non-hydrogen) atoms. The summed E-state index contributed by atoms with van der Waals surface area (Å²) >= 11 is 0. The van der Waals surface area contributed by atoms with E-state index in [2.05, 4.69) is 11.8 Å². The van der Waals surface area contributed by atoms with Crippen molar-refractivity contribution in [1.82, 2.24) is 9.80 Å². The fourth-order valence-corrected chi connectivity index (χ4v) is 3.93. The summed E-state index contributed by atoms with van der Waals surface area (Å²) in [5, 5.41) is 0. The smallest absolute Gasteiger partial charge is 0.227 e. The topological polar surface area (TPSA) is 49.6 Å². The Morgan fingerprint density at radius 2 is 1.81 bits per heavy atom. The fraction of sp³-hybridized carbons (Fsp3) is 0.941. The van der Waals surface area contributed by atoms with Crippen LogP contribution in [0.1, 0.15) is 58.3 Å². The standard InChI is InChI=1S/C17H33N3O/c1-3-11-20-12-9-14(10-13-20)19(2)17(21)15-7-5-4-6-8-16(15)18/h14-16H,3-13,18H2,1-2H3. The number of carbonyl (C=O) groups excluding carboxylic acids is 1. The highest BCUT2D eigenvalue weighted by Gasteiger charge is 2.33. The van der Waals surface area contributed by atoms with E-state index in [1.807, 2.05) is 11.9 Å². The Labute approximate surface area is 130 Å². The van der Waals surface area contributed by atoms with Crippen LogP contribution in [-0.2, 0) is 4.79 Å². The first kappa shape index (κ1) is 16.8. The second-order valence-corrected chi connectivity index (χ2v) is 6.93. The largest absolute Gasteiger partial charge is 0.342 e. The number of amides is 1. The maximum Gasteiger partial charge on any atom is 0.227 e. The molecule has 0 radical (unpaired) electrons. The molecule has 0 bridgehead atoms. The monoisotopic (exact) mass is 295 g/mol. The zero-order valence-electron chi connectivity index (χ0n) is 13.9. The van der Waals surface area contributed by atoms with Crippen LogP contribution in [0, 0.1) is 5.92 Å². The Kier molecular flexibility index (Phi) is 6.49. The maximum atomic E-state index is 12.8. The molecule has 2 N–H and O–H groups in total. The van der Waals surface area contributed by atoms with Crippen LogP contribution in [-0.4, -0.2) is 54.5 Å². The first-order valence-electron chi connectivity index (χ1n) is 8.88. The third kappa shape index (κ3) is 4.43. The van der Waals surface area contributed by atoms with Crippen LogP contribution in [0.5, 0.6) is 0 Å². The highest BCUT2D eigenvalue weighted by atomic mass is 16.2. The van der Waals surface area contributed by atoms with Gasteiger partial charge in [-0.3, -0.25) is 4.79 Å². The molecule has 1 amide bonds. The van der Waals surface area contributed by atoms with E-state index in [0.717, 1.165) is 45.2 Å². The number of likely N-dealkylation sites (tertiary alicyclic amines) is 1. The molecule has 2 atom stereocenters. The van der Waals surface area contributed by atoms with Crippen LogP contribution >= 0.6 is 0 Å². The van der Waals surface area contributed by atoms with Gasteiger partial charge in [0.1, 0.15) is 0 Å². The molecule has 1 aliphatic heterocycles. The Hall–Kier alpha value is -0.610. The first-order valence-corrected chi connectivity index (χ1v) is 8.88. The number of hydrogen-bond donors (Lipinski definition) is 1. The van der Waals surface area contributed by atoms with E-state index in [1.54, 1.807) is 0 Å². The fourth-order valence-electron chi connectivity index (χ4n) is 3.93. The van der Waals surface area contributed by atoms with Gasteiger partial charge in [-0.25, -0.2) is 0 Å². The molecule has 2 unspecified atom stereocenters. The summed E-state index contributed by atoms with van der Waals surface area (Å²) in [6, 6.07) is 0.490. The minimum atomic E-state index is 0.0613. The Balaban J connectivity index is 1.87. The molecule has 2 fully saturated rings. The van der Waals surface area contributed by atoms with E-state index in [-0.39, 0.29) is 12.0 Å². The lowest BCUT2D eigenvalue weighted by Crippen LogP contribution is -2.50. The molecular weight excluding hydrogens is 262 g/mol. The Morgan fingerprint density at radius 3 is 2.48 bits per heavy atom. The molecule has 0 aromatic carbocycles. The number of nitrogens with zero attached hydrogens (tertiary/aromatic N) is 2. The number of piperidine rings is 1. The van der Waals surface area contributed by atoms with E-state index >= 15 is 0 Å². The van der Waals surface area contributed by atoms with Crippen LogP contribution in [0.15, 0.2) is 0 Å². The summed E-state index contributed by atoms with van der Waals surface area (Å²) in [6.07, 6.45) is 9.02. The van der Waals surface area contributed by atoms with Crippen LogP contribution in [0.3, 0.4) is 0 Å². The van der Waals surface area contributed by atoms with Gasteiger partial charge >= 0.3 is 0 Å². The van der Waals surface area contributed by atoms with E-state index in [1.165, 1.54) is 25.8 Å². The predicted octanol–water partition coefficient (Wildman–Crippen LogP) is 2.23. The summed E-state index contributed by atoms with van der Waals surface area (Å²) in [5.74, 6) is 0.365. The van der Waals surface area contributed by atoms with Gasteiger partial charge in [0.25, 0.3) is 0 Å². The van der Waals surface area contributed by atoms with Gasteiger partial charge in [0.15, 0.2) is 0 Å². The molecule has 0 aromatic rings. The molecule has 2 rings (SSSR count). The van der Waals surface area contributed by atoms with E-state index in [4.69, 9.17) is 5.73 Å². The molecule has 1 saturated heterocycles. The molecule has 0 aromatic heterocycles. The van der Waals surface area contributed by atoms with Crippen molar-refractivity contribution in [1.29, 1.82) is 0 Å². The van der Waals surface area contributed by atoms with Gasteiger partial charge in [-0.15, -0.1) is 0 Å². The van der Waals surface area contributed by atoms with Crippen molar-refractivity contribution in [2.24, 2.45) is 11.7 Å². The molecule has 4 heteroatoms. The van der Waals surface area contributed by atoms with Gasteiger partial charge in [0.2, 0.25) is 5.91 Å². The zero-order valence-corrected chi connectivity index (χ0v) is 13.9. The molecule has 4 nitrogen and oxygen atoms in total. The van der Waals surface area contributed by atoms with Gasteiger partial charge in [0, 0.05) is 32.2 Å². The minimum Gasteiger partial charge on any atom is -0.342 e. The van der Waals surface area contributed by atoms with E-state index in [0.29, 0.717) is 11.9 Å². The van der Waals surface area contributed by atoms with Crippen molar-refractivity contribution in [3.8, 4) is 0 Å². The molecule has 122 valence electrons. The second-order valence-electron chi connectivity index (χ2n) is 6.93. The van der Waals surface area contributed by atoms with E-state index < -0.39 is 0 Å². The van der Waals surface area contributed by atoms with Crippen molar-refractivity contribution in [3.05, 3.63) is 0 Å². The van der Waals surface area contributed by atoms with Crippen molar-refractivity contribution in [3.63, 3.8) is 0 Å². The van der Waals surface area contributed by atoms with Crippen molar-refractivity contribution >= 4 is 5.91 Å². The summed E-state index contributed by atoms with van der Waals surface area (Å²) < 4.78 is 0. The number of hydrogen-bond acceptors (Lipinski definition) is 3. The minimum absolute atomic E-state index is 0.0613. The first-order chi connectivity index (χ1) is 10.1. The molecule has 1 saturated carbocycles.